The number of unbranched alkanes of at least 4 members (excludes halogenated alkanes) is 30. The zero-order valence-electron chi connectivity index (χ0n) is 39.8. The van der Waals surface area contributed by atoms with Gasteiger partial charge in [-0.1, -0.05) is 206 Å². The summed E-state index contributed by atoms with van der Waals surface area (Å²) in [5.74, 6) is -0.218. The largest absolute Gasteiger partial charge is 0.466 e. The fourth-order valence-electron chi connectivity index (χ4n) is 8.20. The predicted molar refractivity (Wildman–Crippen MR) is 251 cm³/mol. The molecule has 0 aromatic carbocycles. The third-order valence-corrected chi connectivity index (χ3v) is 12.4. The van der Waals surface area contributed by atoms with Crippen molar-refractivity contribution in [2.45, 2.75) is 281 Å². The first-order chi connectivity index (χ1) is 30.2. The van der Waals surface area contributed by atoms with E-state index in [4.69, 9.17) is 14.2 Å². The third-order valence-electron chi connectivity index (χ3n) is 12.4. The van der Waals surface area contributed by atoms with Crippen molar-refractivity contribution in [3.05, 3.63) is 12.2 Å². The maximum absolute atomic E-state index is 12.9. The molecule has 1 heterocycles. The van der Waals surface area contributed by atoms with E-state index in [1.54, 1.807) is 6.08 Å². The van der Waals surface area contributed by atoms with Gasteiger partial charge in [0.2, 0.25) is 5.91 Å². The van der Waals surface area contributed by atoms with Crippen molar-refractivity contribution < 1.29 is 49.3 Å². The van der Waals surface area contributed by atoms with Crippen LogP contribution in [0.25, 0.3) is 0 Å². The molecule has 1 rings (SSSR count). The Labute approximate surface area is 378 Å². The van der Waals surface area contributed by atoms with Gasteiger partial charge in [0.05, 0.1) is 32.0 Å². The molecule has 1 fully saturated rings. The minimum Gasteiger partial charge on any atom is -0.466 e. The fourth-order valence-corrected chi connectivity index (χ4v) is 8.20. The molecule has 6 N–H and O–H groups in total. The second kappa shape index (κ2) is 42.1. The molecule has 0 saturated carbocycles. The lowest BCUT2D eigenvalue weighted by Crippen LogP contribution is -2.60. The van der Waals surface area contributed by atoms with E-state index in [0.29, 0.717) is 19.4 Å². The van der Waals surface area contributed by atoms with Gasteiger partial charge in [-0.2, -0.15) is 0 Å². The third kappa shape index (κ3) is 32.1. The van der Waals surface area contributed by atoms with E-state index in [0.717, 1.165) is 70.6 Å². The van der Waals surface area contributed by atoms with Crippen LogP contribution in [0.4, 0.5) is 0 Å². The second-order valence-electron chi connectivity index (χ2n) is 18.2. The van der Waals surface area contributed by atoms with Gasteiger partial charge in [-0.15, -0.1) is 0 Å². The van der Waals surface area contributed by atoms with Gasteiger partial charge in [-0.3, -0.25) is 9.59 Å². The van der Waals surface area contributed by atoms with Crippen LogP contribution >= 0.6 is 0 Å². The van der Waals surface area contributed by atoms with Crippen LogP contribution in [0.15, 0.2) is 12.2 Å². The van der Waals surface area contributed by atoms with Gasteiger partial charge in [0.1, 0.15) is 24.4 Å². The van der Waals surface area contributed by atoms with Crippen LogP contribution in [0, 0.1) is 0 Å². The van der Waals surface area contributed by atoms with Crippen molar-refractivity contribution in [2.75, 3.05) is 19.8 Å². The SMILES string of the molecule is CCCCCCCCC/C=C/C(O)C(COC1OC(CO)C(O)C(O)C1O)NC(=O)CCCCCCCCCCCCCCCCOC(=O)CCCCCCCCCCCCC. The topological polar surface area (TPSA) is 175 Å². The van der Waals surface area contributed by atoms with Crippen LogP contribution in [-0.4, -0.2) is 100 Å². The molecular weight excluding hydrogens is 787 g/mol. The predicted octanol–water partition coefficient (Wildman–Crippen LogP) is 10.4. The maximum Gasteiger partial charge on any atom is 0.305 e. The lowest BCUT2D eigenvalue weighted by atomic mass is 9.99. The van der Waals surface area contributed by atoms with Crippen LogP contribution in [0.5, 0.6) is 0 Å². The normalized spacial score (nSPS) is 20.1. The minimum absolute atomic E-state index is 0.0234. The smallest absolute Gasteiger partial charge is 0.305 e. The van der Waals surface area contributed by atoms with Crippen molar-refractivity contribution in [2.24, 2.45) is 0 Å². The van der Waals surface area contributed by atoms with Crippen LogP contribution in [0.3, 0.4) is 0 Å². The number of rotatable bonds is 44. The summed E-state index contributed by atoms with van der Waals surface area (Å²) >= 11 is 0. The Kier molecular flexibility index (Phi) is 39.6. The molecule has 62 heavy (non-hydrogen) atoms. The van der Waals surface area contributed by atoms with Crippen molar-refractivity contribution in [3.63, 3.8) is 0 Å². The van der Waals surface area contributed by atoms with Crippen molar-refractivity contribution in [3.8, 4) is 0 Å². The van der Waals surface area contributed by atoms with Crippen molar-refractivity contribution >= 4 is 11.9 Å². The first kappa shape index (κ1) is 58.4. The Hall–Kier alpha value is -1.60. The van der Waals surface area contributed by atoms with E-state index in [1.165, 1.54) is 141 Å². The highest BCUT2D eigenvalue weighted by Crippen LogP contribution is 2.23. The zero-order chi connectivity index (χ0) is 45.3. The molecule has 11 heteroatoms. The summed E-state index contributed by atoms with van der Waals surface area (Å²) < 4.78 is 16.6. The Bertz CT molecular complexity index is 1040. The molecule has 0 aliphatic carbocycles. The standard InChI is InChI=1S/C51H97NO10/c1-3-5-7-9-11-13-18-23-27-31-35-39-47(56)60-40-36-32-28-24-20-17-15-14-16-19-22-26-30-34-38-46(55)52-43(44(54)37-33-29-25-21-12-10-8-6-4-2)42-61-51-50(59)49(58)48(57)45(41-53)62-51/h33,37,43-45,48-51,53-54,57-59H,3-32,34-36,38-42H2,1-2H3,(H,52,55)/b37-33+. The molecule has 0 radical (unpaired) electrons. The molecule has 0 aromatic heterocycles. The number of nitrogens with one attached hydrogen (secondary N) is 1. The van der Waals surface area contributed by atoms with Gasteiger partial charge >= 0.3 is 5.97 Å². The molecule has 11 nitrogen and oxygen atoms in total. The first-order valence-corrected chi connectivity index (χ1v) is 26.0. The van der Waals surface area contributed by atoms with Crippen LogP contribution in [-0.2, 0) is 23.8 Å². The molecule has 7 atom stereocenters. The summed E-state index contributed by atoms with van der Waals surface area (Å²) in [5, 5.41) is 54.1. The van der Waals surface area contributed by atoms with Gasteiger partial charge in [-0.25, -0.2) is 0 Å². The first-order valence-electron chi connectivity index (χ1n) is 26.0. The molecular formula is C51H97NO10. The molecule has 1 aliphatic rings. The molecule has 0 bridgehead atoms. The quantitative estimate of drug-likeness (QED) is 0.0196. The fraction of sp³-hybridized carbons (Fsp3) is 0.922. The lowest BCUT2D eigenvalue weighted by Gasteiger charge is -2.40. The van der Waals surface area contributed by atoms with Gasteiger partial charge < -0.3 is 45.1 Å². The summed E-state index contributed by atoms with van der Waals surface area (Å²) in [5.41, 5.74) is 0. The molecule has 1 saturated heterocycles. The number of ether oxygens (including phenoxy) is 3. The van der Waals surface area contributed by atoms with Gasteiger partial charge in [-0.05, 0) is 32.1 Å². The minimum atomic E-state index is -1.57. The van der Waals surface area contributed by atoms with E-state index in [2.05, 4.69) is 19.2 Å². The lowest BCUT2D eigenvalue weighted by molar-refractivity contribution is -0.302. The summed E-state index contributed by atoms with van der Waals surface area (Å²) in [7, 11) is 0. The zero-order valence-corrected chi connectivity index (χ0v) is 39.8. The number of aliphatic hydroxyl groups excluding tert-OH is 5. The highest BCUT2D eigenvalue weighted by molar-refractivity contribution is 5.76. The molecule has 1 amide bonds. The molecule has 366 valence electrons. The van der Waals surface area contributed by atoms with Crippen molar-refractivity contribution in [1.29, 1.82) is 0 Å². The Morgan fingerprint density at radius 2 is 1.02 bits per heavy atom. The number of carbonyl (C=O) groups excluding carboxylic acids is 2. The summed E-state index contributed by atoms with van der Waals surface area (Å²) in [6, 6.07) is -0.814. The highest BCUT2D eigenvalue weighted by Gasteiger charge is 2.44. The molecule has 7 unspecified atom stereocenters. The monoisotopic (exact) mass is 884 g/mol. The molecule has 1 aliphatic heterocycles. The van der Waals surface area contributed by atoms with Crippen LogP contribution in [0.1, 0.15) is 239 Å². The molecule has 0 spiro atoms. The number of hydrogen-bond acceptors (Lipinski definition) is 10. The number of allylic oxidation sites excluding steroid dienone is 1. The summed E-state index contributed by atoms with van der Waals surface area (Å²) in [4.78, 5) is 25.0. The molecule has 0 aromatic rings. The average molecular weight is 884 g/mol. The van der Waals surface area contributed by atoms with E-state index in [1.807, 2.05) is 6.08 Å². The summed E-state index contributed by atoms with van der Waals surface area (Å²) in [6.07, 6.45) is 35.8. The van der Waals surface area contributed by atoms with E-state index in [9.17, 15) is 35.1 Å². The van der Waals surface area contributed by atoms with Crippen LogP contribution in [0.2, 0.25) is 0 Å². The van der Waals surface area contributed by atoms with Crippen LogP contribution < -0.4 is 5.32 Å². The summed E-state index contributed by atoms with van der Waals surface area (Å²) in [6.45, 7) is 4.27. The van der Waals surface area contributed by atoms with Gasteiger partial charge in [0.15, 0.2) is 6.29 Å². The number of carbonyl (C=O) groups is 2. The van der Waals surface area contributed by atoms with Gasteiger partial charge in [0, 0.05) is 12.8 Å². The number of hydrogen-bond donors (Lipinski definition) is 6. The number of amides is 1. The highest BCUT2D eigenvalue weighted by atomic mass is 16.7. The average Bonchev–Trinajstić information content (AvgIpc) is 3.27. The van der Waals surface area contributed by atoms with E-state index in [-0.39, 0.29) is 18.5 Å². The van der Waals surface area contributed by atoms with E-state index >= 15 is 0 Å². The second-order valence-corrected chi connectivity index (χ2v) is 18.2. The van der Waals surface area contributed by atoms with Crippen molar-refractivity contribution in [1.82, 2.24) is 5.32 Å². The van der Waals surface area contributed by atoms with Gasteiger partial charge in [0.25, 0.3) is 0 Å². The number of esters is 1. The Morgan fingerprint density at radius 3 is 1.50 bits per heavy atom. The Morgan fingerprint density at radius 1 is 0.581 bits per heavy atom. The maximum atomic E-state index is 12.9. The van der Waals surface area contributed by atoms with E-state index < -0.39 is 49.5 Å². The Balaban J connectivity index is 2.12. The number of aliphatic hydroxyl groups is 5.